The van der Waals surface area contributed by atoms with Gasteiger partial charge in [-0.3, -0.25) is 4.79 Å². The number of carbonyl (C=O) groups is 1. The van der Waals surface area contributed by atoms with Gasteiger partial charge in [0.1, 0.15) is 11.6 Å². The number of hydrogen-bond donors (Lipinski definition) is 1. The Hall–Kier alpha value is -3.42. The van der Waals surface area contributed by atoms with Gasteiger partial charge in [0.2, 0.25) is 0 Å². The number of benzene rings is 2. The van der Waals surface area contributed by atoms with Crippen molar-refractivity contribution in [2.75, 3.05) is 13.7 Å². The molecule has 152 valence electrons. The van der Waals surface area contributed by atoms with Gasteiger partial charge >= 0.3 is 6.61 Å². The highest BCUT2D eigenvalue weighted by atomic mass is 19.3. The Labute approximate surface area is 165 Å². The van der Waals surface area contributed by atoms with E-state index < -0.39 is 12.5 Å². The third-order valence-electron chi connectivity index (χ3n) is 4.10. The van der Waals surface area contributed by atoms with Gasteiger partial charge in [0.05, 0.1) is 7.11 Å². The third-order valence-corrected chi connectivity index (χ3v) is 4.10. The number of furan rings is 1. The number of methoxy groups -OCH3 is 1. The predicted octanol–water partition coefficient (Wildman–Crippen LogP) is 4.67. The molecule has 3 rings (SSSR count). The van der Waals surface area contributed by atoms with Crippen LogP contribution >= 0.6 is 0 Å². The molecule has 1 aromatic heterocycles. The van der Waals surface area contributed by atoms with E-state index in [9.17, 15) is 18.0 Å². The van der Waals surface area contributed by atoms with Crippen LogP contribution in [-0.2, 0) is 6.42 Å². The largest absolute Gasteiger partial charge is 0.493 e. The van der Waals surface area contributed by atoms with Crippen LogP contribution in [-0.4, -0.2) is 26.2 Å². The number of alkyl halides is 2. The molecule has 0 spiro atoms. The second-order valence-electron chi connectivity index (χ2n) is 6.04. The fraction of sp³-hybridized carbons (Fsp3) is 0.190. The minimum Gasteiger partial charge on any atom is -0.493 e. The van der Waals surface area contributed by atoms with E-state index in [2.05, 4.69) is 10.1 Å². The van der Waals surface area contributed by atoms with Gasteiger partial charge in [-0.1, -0.05) is 6.07 Å². The number of nitrogens with one attached hydrogen (secondary N) is 1. The molecule has 0 aliphatic heterocycles. The molecule has 0 fully saturated rings. The summed E-state index contributed by atoms with van der Waals surface area (Å²) in [5, 5.41) is 2.70. The van der Waals surface area contributed by atoms with Gasteiger partial charge in [0.25, 0.3) is 5.91 Å². The molecule has 1 N–H and O–H groups in total. The van der Waals surface area contributed by atoms with Crippen molar-refractivity contribution in [1.29, 1.82) is 0 Å². The van der Waals surface area contributed by atoms with Crippen LogP contribution < -0.4 is 14.8 Å². The number of carbonyl (C=O) groups excluding carboxylic acids is 1. The average molecular weight is 405 g/mol. The van der Waals surface area contributed by atoms with Gasteiger partial charge in [-0.05, 0) is 60.5 Å². The van der Waals surface area contributed by atoms with E-state index in [1.807, 2.05) is 0 Å². The molecular weight excluding hydrogens is 387 g/mol. The number of rotatable bonds is 8. The summed E-state index contributed by atoms with van der Waals surface area (Å²) in [5.74, 6) is -0.0991. The van der Waals surface area contributed by atoms with Gasteiger partial charge in [-0.15, -0.1) is 0 Å². The first-order valence-electron chi connectivity index (χ1n) is 8.72. The van der Waals surface area contributed by atoms with Crippen molar-refractivity contribution in [1.82, 2.24) is 5.32 Å². The van der Waals surface area contributed by atoms with Crippen LogP contribution in [0.25, 0.3) is 11.3 Å². The maximum absolute atomic E-state index is 13.0. The lowest BCUT2D eigenvalue weighted by molar-refractivity contribution is -0.0512. The number of ether oxygens (including phenoxy) is 2. The highest BCUT2D eigenvalue weighted by Crippen LogP contribution is 2.29. The quantitative estimate of drug-likeness (QED) is 0.592. The average Bonchev–Trinajstić information content (AvgIpc) is 3.18. The Bertz CT molecular complexity index is 970. The first-order chi connectivity index (χ1) is 14.0. The molecule has 0 aliphatic rings. The van der Waals surface area contributed by atoms with Gasteiger partial charge < -0.3 is 19.2 Å². The zero-order valence-electron chi connectivity index (χ0n) is 15.5. The smallest absolute Gasteiger partial charge is 0.387 e. The molecule has 0 unspecified atom stereocenters. The topological polar surface area (TPSA) is 60.7 Å². The van der Waals surface area contributed by atoms with Crippen molar-refractivity contribution in [2.24, 2.45) is 0 Å². The number of halogens is 3. The third kappa shape index (κ3) is 5.31. The van der Waals surface area contributed by atoms with Crippen LogP contribution in [0.4, 0.5) is 13.2 Å². The van der Waals surface area contributed by atoms with E-state index in [4.69, 9.17) is 9.15 Å². The van der Waals surface area contributed by atoms with E-state index in [0.29, 0.717) is 23.3 Å². The SMILES string of the molecule is COc1ccc(CCNC(=O)c2ccc(-c3ccc(F)cc3)o2)cc1OC(F)F. The highest BCUT2D eigenvalue weighted by Gasteiger charge is 2.14. The molecule has 0 atom stereocenters. The summed E-state index contributed by atoms with van der Waals surface area (Å²) in [6.45, 7) is -2.71. The van der Waals surface area contributed by atoms with Crippen LogP contribution in [0.5, 0.6) is 11.5 Å². The molecule has 8 heteroatoms. The molecule has 3 aromatic rings. The Kier molecular flexibility index (Phi) is 6.43. The lowest BCUT2D eigenvalue weighted by Crippen LogP contribution is -2.25. The monoisotopic (exact) mass is 405 g/mol. The zero-order valence-corrected chi connectivity index (χ0v) is 15.5. The van der Waals surface area contributed by atoms with Crippen molar-refractivity contribution in [3.63, 3.8) is 0 Å². The first kappa shape index (κ1) is 20.3. The summed E-state index contributed by atoms with van der Waals surface area (Å²) in [4.78, 5) is 12.2. The lowest BCUT2D eigenvalue weighted by Gasteiger charge is -2.11. The molecule has 1 heterocycles. The summed E-state index contributed by atoms with van der Waals surface area (Å²) in [6, 6.07) is 13.5. The van der Waals surface area contributed by atoms with Crippen LogP contribution in [0.2, 0.25) is 0 Å². The summed E-state index contributed by atoms with van der Waals surface area (Å²) < 4.78 is 52.9. The minimum absolute atomic E-state index is 0.0682. The van der Waals surface area contributed by atoms with Crippen molar-refractivity contribution in [3.8, 4) is 22.8 Å². The lowest BCUT2D eigenvalue weighted by atomic mass is 10.1. The van der Waals surface area contributed by atoms with Gasteiger partial charge in [0.15, 0.2) is 17.3 Å². The Morgan fingerprint density at radius 2 is 1.83 bits per heavy atom. The summed E-state index contributed by atoms with van der Waals surface area (Å²) in [6.07, 6.45) is 0.390. The zero-order chi connectivity index (χ0) is 20.8. The van der Waals surface area contributed by atoms with Gasteiger partial charge in [-0.25, -0.2) is 4.39 Å². The molecule has 0 aliphatic carbocycles. The second kappa shape index (κ2) is 9.18. The highest BCUT2D eigenvalue weighted by molar-refractivity contribution is 5.92. The Balaban J connectivity index is 1.58. The maximum Gasteiger partial charge on any atom is 0.387 e. The second-order valence-corrected chi connectivity index (χ2v) is 6.04. The van der Waals surface area contributed by atoms with Crippen LogP contribution in [0.3, 0.4) is 0 Å². The standard InChI is InChI=1S/C21H18F3NO4/c1-27-17-7-2-13(12-19(17)29-21(23)24)10-11-25-20(26)18-9-8-16(28-18)14-3-5-15(22)6-4-14/h2-9,12,21H,10-11H2,1H3,(H,25,26). The molecule has 5 nitrogen and oxygen atoms in total. The fourth-order valence-electron chi connectivity index (χ4n) is 2.70. The summed E-state index contributed by atoms with van der Waals surface area (Å²) in [7, 11) is 1.36. The molecule has 0 bridgehead atoms. The normalized spacial score (nSPS) is 10.8. The summed E-state index contributed by atoms with van der Waals surface area (Å²) >= 11 is 0. The number of amides is 1. The van der Waals surface area contributed by atoms with E-state index in [1.165, 1.54) is 37.4 Å². The van der Waals surface area contributed by atoms with E-state index in [-0.39, 0.29) is 29.6 Å². The van der Waals surface area contributed by atoms with Crippen molar-refractivity contribution >= 4 is 5.91 Å². The van der Waals surface area contributed by atoms with Crippen LogP contribution in [0.1, 0.15) is 16.1 Å². The summed E-state index contributed by atoms with van der Waals surface area (Å²) in [5.41, 5.74) is 1.34. The van der Waals surface area contributed by atoms with Gasteiger partial charge in [-0.2, -0.15) is 8.78 Å². The minimum atomic E-state index is -2.96. The molecule has 1 amide bonds. The maximum atomic E-state index is 13.0. The molecule has 0 saturated carbocycles. The van der Waals surface area contributed by atoms with E-state index >= 15 is 0 Å². The molecule has 29 heavy (non-hydrogen) atoms. The molecule has 2 aromatic carbocycles. The van der Waals surface area contributed by atoms with E-state index in [1.54, 1.807) is 24.3 Å². The number of hydrogen-bond acceptors (Lipinski definition) is 4. The molecular formula is C21H18F3NO4. The Morgan fingerprint density at radius 3 is 2.52 bits per heavy atom. The Morgan fingerprint density at radius 1 is 1.07 bits per heavy atom. The van der Waals surface area contributed by atoms with Crippen LogP contribution in [0, 0.1) is 5.82 Å². The predicted molar refractivity (Wildman–Crippen MR) is 99.8 cm³/mol. The van der Waals surface area contributed by atoms with Crippen molar-refractivity contribution < 1.29 is 31.9 Å². The van der Waals surface area contributed by atoms with Gasteiger partial charge in [0, 0.05) is 12.1 Å². The first-order valence-corrected chi connectivity index (χ1v) is 8.72. The van der Waals surface area contributed by atoms with E-state index in [0.717, 1.165) is 0 Å². The molecule has 0 saturated heterocycles. The van der Waals surface area contributed by atoms with Crippen LogP contribution in [0.15, 0.2) is 59.0 Å². The van der Waals surface area contributed by atoms with Crippen molar-refractivity contribution in [2.45, 2.75) is 13.0 Å². The van der Waals surface area contributed by atoms with Crippen molar-refractivity contribution in [3.05, 3.63) is 71.7 Å². The molecule has 0 radical (unpaired) electrons. The fourth-order valence-corrected chi connectivity index (χ4v) is 2.70.